The number of hydrogen-bond donors (Lipinski definition) is 1. The van der Waals surface area contributed by atoms with Crippen LogP contribution in [0.4, 0.5) is 4.79 Å². The predicted molar refractivity (Wildman–Crippen MR) is 84.2 cm³/mol. The maximum Gasteiger partial charge on any atom is 0.324 e. The number of aryl methyl sites for hydroxylation is 2. The van der Waals surface area contributed by atoms with Gasteiger partial charge in [0.2, 0.25) is 11.8 Å². The predicted octanol–water partition coefficient (Wildman–Crippen LogP) is 2.54. The molecule has 1 saturated heterocycles. The molecule has 0 aliphatic carbocycles. The van der Waals surface area contributed by atoms with E-state index in [4.69, 9.17) is 4.74 Å². The summed E-state index contributed by atoms with van der Waals surface area (Å²) in [5.74, 6) is 0.897. The van der Waals surface area contributed by atoms with E-state index in [-0.39, 0.29) is 25.0 Å². The molecule has 2 heterocycles. The van der Waals surface area contributed by atoms with E-state index in [9.17, 15) is 9.59 Å². The van der Waals surface area contributed by atoms with E-state index in [1.807, 2.05) is 32.0 Å². The van der Waals surface area contributed by atoms with E-state index >= 15 is 0 Å². The lowest BCUT2D eigenvalue weighted by atomic mass is 10.1. The van der Waals surface area contributed by atoms with Gasteiger partial charge in [-0.3, -0.25) is 9.69 Å². The second-order valence-corrected chi connectivity index (χ2v) is 5.49. The maximum absolute atomic E-state index is 11.6. The number of nitrogens with one attached hydrogen (secondary N) is 1. The summed E-state index contributed by atoms with van der Waals surface area (Å²) < 4.78 is 5.76. The number of carbonyl (C=O) groups is 2. The number of ether oxygens (including phenoxy) is 1. The normalized spacial score (nSPS) is 14.1. The zero-order valence-electron chi connectivity index (χ0n) is 13.0. The lowest BCUT2D eigenvalue weighted by Crippen LogP contribution is -2.30. The van der Waals surface area contributed by atoms with Gasteiger partial charge in [0.05, 0.1) is 13.1 Å². The van der Waals surface area contributed by atoms with Crippen molar-refractivity contribution in [3.63, 3.8) is 0 Å². The highest BCUT2D eigenvalue weighted by atomic mass is 16.5. The van der Waals surface area contributed by atoms with Crippen LogP contribution in [0.25, 0.3) is 0 Å². The number of carbonyl (C=O) groups excluding carboxylic acids is 2. The summed E-state index contributed by atoms with van der Waals surface area (Å²) in [5, 5.41) is 2.50. The van der Waals surface area contributed by atoms with Gasteiger partial charge in [-0.15, -0.1) is 0 Å². The number of urea groups is 1. The molecule has 1 aliphatic rings. The van der Waals surface area contributed by atoms with E-state index in [0.29, 0.717) is 11.6 Å². The van der Waals surface area contributed by atoms with E-state index in [0.717, 1.165) is 11.1 Å². The fourth-order valence-electron chi connectivity index (χ4n) is 2.30. The van der Waals surface area contributed by atoms with Crippen LogP contribution in [0.5, 0.6) is 11.6 Å². The Balaban J connectivity index is 1.75. The SMILES string of the molecule is Cc1ccc(Oc2cc(CN3C(=O)CNC3=O)ccn2)cc1C. The van der Waals surface area contributed by atoms with Crippen LogP contribution >= 0.6 is 0 Å². The quantitative estimate of drug-likeness (QED) is 0.881. The summed E-state index contributed by atoms with van der Waals surface area (Å²) in [6, 6.07) is 8.93. The molecule has 118 valence electrons. The molecule has 0 unspecified atom stereocenters. The standard InChI is InChI=1S/C17H17N3O3/c1-11-3-4-14(7-12(11)2)23-15-8-13(5-6-18-15)10-20-16(21)9-19-17(20)22/h3-8H,9-10H2,1-2H3,(H,19,22). The molecule has 1 aromatic heterocycles. The van der Waals surface area contributed by atoms with Crippen molar-refractivity contribution in [3.05, 3.63) is 53.2 Å². The molecular weight excluding hydrogens is 294 g/mol. The third kappa shape index (κ3) is 3.31. The highest BCUT2D eigenvalue weighted by molar-refractivity contribution is 6.01. The molecule has 0 spiro atoms. The Hall–Kier alpha value is -2.89. The van der Waals surface area contributed by atoms with Crippen LogP contribution in [0.15, 0.2) is 36.5 Å². The molecule has 0 saturated carbocycles. The van der Waals surface area contributed by atoms with Crippen LogP contribution in [0, 0.1) is 13.8 Å². The van der Waals surface area contributed by atoms with Crippen LogP contribution in [-0.2, 0) is 11.3 Å². The fourth-order valence-corrected chi connectivity index (χ4v) is 2.30. The third-order valence-corrected chi connectivity index (χ3v) is 3.78. The Morgan fingerprint density at radius 1 is 1.17 bits per heavy atom. The molecule has 1 aromatic carbocycles. The Bertz CT molecular complexity index is 757. The molecule has 1 aliphatic heterocycles. The minimum Gasteiger partial charge on any atom is -0.439 e. The number of imide groups is 1. The van der Waals surface area contributed by atoms with Gasteiger partial charge >= 0.3 is 6.03 Å². The first-order chi connectivity index (χ1) is 11.0. The lowest BCUT2D eigenvalue weighted by molar-refractivity contribution is -0.125. The number of hydrogen-bond acceptors (Lipinski definition) is 4. The van der Waals surface area contributed by atoms with Gasteiger partial charge in [0, 0.05) is 12.3 Å². The largest absolute Gasteiger partial charge is 0.439 e. The monoisotopic (exact) mass is 311 g/mol. The molecule has 0 atom stereocenters. The molecule has 0 bridgehead atoms. The summed E-state index contributed by atoms with van der Waals surface area (Å²) in [7, 11) is 0. The number of nitrogens with zero attached hydrogens (tertiary/aromatic N) is 2. The first-order valence-electron chi connectivity index (χ1n) is 7.31. The van der Waals surface area contributed by atoms with Gasteiger partial charge in [-0.25, -0.2) is 9.78 Å². The smallest absolute Gasteiger partial charge is 0.324 e. The second kappa shape index (κ2) is 6.08. The van der Waals surface area contributed by atoms with Crippen molar-refractivity contribution < 1.29 is 14.3 Å². The van der Waals surface area contributed by atoms with Crippen LogP contribution in [0.3, 0.4) is 0 Å². The molecule has 23 heavy (non-hydrogen) atoms. The molecule has 1 N–H and O–H groups in total. The van der Waals surface area contributed by atoms with Gasteiger partial charge in [0.1, 0.15) is 5.75 Å². The van der Waals surface area contributed by atoms with Crippen molar-refractivity contribution >= 4 is 11.9 Å². The van der Waals surface area contributed by atoms with E-state index in [1.54, 1.807) is 18.3 Å². The molecule has 6 nitrogen and oxygen atoms in total. The van der Waals surface area contributed by atoms with Gasteiger partial charge in [-0.05, 0) is 48.7 Å². The number of pyridine rings is 1. The summed E-state index contributed by atoms with van der Waals surface area (Å²) in [5.41, 5.74) is 3.11. The van der Waals surface area contributed by atoms with E-state index in [1.165, 1.54) is 10.5 Å². The minimum absolute atomic E-state index is 0.0515. The Kier molecular flexibility index (Phi) is 3.97. The zero-order valence-corrected chi connectivity index (χ0v) is 13.0. The average molecular weight is 311 g/mol. The van der Waals surface area contributed by atoms with Crippen molar-refractivity contribution in [2.45, 2.75) is 20.4 Å². The number of benzene rings is 1. The molecule has 2 aromatic rings. The summed E-state index contributed by atoms with van der Waals surface area (Å²) in [4.78, 5) is 28.6. The van der Waals surface area contributed by atoms with Crippen LogP contribution in [0.2, 0.25) is 0 Å². The molecule has 0 radical (unpaired) electrons. The summed E-state index contributed by atoms with van der Waals surface area (Å²) in [6.07, 6.45) is 1.60. The fraction of sp³-hybridized carbons (Fsp3) is 0.235. The second-order valence-electron chi connectivity index (χ2n) is 5.49. The van der Waals surface area contributed by atoms with Gasteiger partial charge < -0.3 is 10.1 Å². The van der Waals surface area contributed by atoms with Crippen molar-refractivity contribution in [2.75, 3.05) is 6.54 Å². The van der Waals surface area contributed by atoms with Gasteiger partial charge in [-0.1, -0.05) is 6.07 Å². The van der Waals surface area contributed by atoms with Crippen LogP contribution < -0.4 is 10.1 Å². The Labute approximate surface area is 134 Å². The van der Waals surface area contributed by atoms with Gasteiger partial charge in [-0.2, -0.15) is 0 Å². The number of amides is 3. The molecule has 1 fully saturated rings. The third-order valence-electron chi connectivity index (χ3n) is 3.78. The van der Waals surface area contributed by atoms with E-state index < -0.39 is 0 Å². The Morgan fingerprint density at radius 3 is 2.70 bits per heavy atom. The van der Waals surface area contributed by atoms with E-state index in [2.05, 4.69) is 10.3 Å². The highest BCUT2D eigenvalue weighted by Crippen LogP contribution is 2.23. The van der Waals surface area contributed by atoms with Crippen molar-refractivity contribution in [3.8, 4) is 11.6 Å². The number of aromatic nitrogens is 1. The molecule has 6 heteroatoms. The minimum atomic E-state index is -0.372. The van der Waals surface area contributed by atoms with Crippen LogP contribution in [-0.4, -0.2) is 28.4 Å². The Morgan fingerprint density at radius 2 is 2.00 bits per heavy atom. The van der Waals surface area contributed by atoms with Crippen molar-refractivity contribution in [1.29, 1.82) is 0 Å². The van der Waals surface area contributed by atoms with Gasteiger partial charge in [0.25, 0.3) is 0 Å². The topological polar surface area (TPSA) is 71.5 Å². The molecule has 3 rings (SSSR count). The average Bonchev–Trinajstić information content (AvgIpc) is 2.83. The first kappa shape index (κ1) is 15.0. The zero-order chi connectivity index (χ0) is 16.4. The van der Waals surface area contributed by atoms with Crippen molar-refractivity contribution in [1.82, 2.24) is 15.2 Å². The summed E-state index contributed by atoms with van der Waals surface area (Å²) >= 11 is 0. The summed E-state index contributed by atoms with van der Waals surface area (Å²) in [6.45, 7) is 4.31. The highest BCUT2D eigenvalue weighted by Gasteiger charge is 2.28. The van der Waals surface area contributed by atoms with Crippen molar-refractivity contribution in [2.24, 2.45) is 0 Å². The lowest BCUT2D eigenvalue weighted by Gasteiger charge is -2.13. The number of rotatable bonds is 4. The maximum atomic E-state index is 11.6. The molecule has 3 amide bonds. The van der Waals surface area contributed by atoms with Gasteiger partial charge in [0.15, 0.2) is 0 Å². The van der Waals surface area contributed by atoms with Crippen LogP contribution in [0.1, 0.15) is 16.7 Å². The molecular formula is C17H17N3O3. The first-order valence-corrected chi connectivity index (χ1v) is 7.31.